The van der Waals surface area contributed by atoms with E-state index in [0.29, 0.717) is 31.9 Å². The van der Waals surface area contributed by atoms with Gasteiger partial charge in [0.05, 0.1) is 35.6 Å². The maximum Gasteiger partial charge on any atom is 0.277 e. The van der Waals surface area contributed by atoms with E-state index in [1.807, 2.05) is 0 Å². The SMILES string of the molecule is COc1cc(Br)cc(Br)c1OCC(=O)NN=CC=NNC(=O)COc1c(Br)cc(Br)cc1OC. The molecule has 0 aromatic heterocycles. The molecule has 2 aromatic rings. The minimum atomic E-state index is -0.507. The maximum atomic E-state index is 11.9. The van der Waals surface area contributed by atoms with Crippen molar-refractivity contribution in [2.45, 2.75) is 0 Å². The molecule has 0 fully saturated rings. The van der Waals surface area contributed by atoms with Crippen molar-refractivity contribution >= 4 is 88.0 Å². The number of amides is 2. The van der Waals surface area contributed by atoms with Crippen molar-refractivity contribution in [1.29, 1.82) is 0 Å². The van der Waals surface area contributed by atoms with Crippen molar-refractivity contribution in [2.75, 3.05) is 27.4 Å². The van der Waals surface area contributed by atoms with Crippen LogP contribution in [0.2, 0.25) is 0 Å². The molecule has 182 valence electrons. The van der Waals surface area contributed by atoms with Crippen LogP contribution in [-0.4, -0.2) is 51.7 Å². The second-order valence-electron chi connectivity index (χ2n) is 6.04. The van der Waals surface area contributed by atoms with Gasteiger partial charge in [0.2, 0.25) is 0 Å². The van der Waals surface area contributed by atoms with Crippen molar-refractivity contribution in [3.8, 4) is 23.0 Å². The van der Waals surface area contributed by atoms with Crippen LogP contribution in [0.4, 0.5) is 0 Å². The van der Waals surface area contributed by atoms with Gasteiger partial charge in [0, 0.05) is 8.95 Å². The van der Waals surface area contributed by atoms with E-state index < -0.39 is 11.8 Å². The topological polar surface area (TPSA) is 120 Å². The summed E-state index contributed by atoms with van der Waals surface area (Å²) in [5.41, 5.74) is 4.54. The van der Waals surface area contributed by atoms with Crippen LogP contribution in [0.5, 0.6) is 23.0 Å². The molecule has 2 N–H and O–H groups in total. The minimum absolute atomic E-state index is 0.297. The van der Waals surface area contributed by atoms with Crippen molar-refractivity contribution in [2.24, 2.45) is 10.2 Å². The Morgan fingerprint density at radius 2 is 1.15 bits per heavy atom. The van der Waals surface area contributed by atoms with Crippen molar-refractivity contribution in [3.05, 3.63) is 42.2 Å². The molecule has 0 heterocycles. The molecule has 0 radical (unpaired) electrons. The summed E-state index contributed by atoms with van der Waals surface area (Å²) in [6, 6.07) is 6.94. The summed E-state index contributed by atoms with van der Waals surface area (Å²) < 4.78 is 24.2. The van der Waals surface area contributed by atoms with Crippen LogP contribution in [0, 0.1) is 0 Å². The second-order valence-corrected chi connectivity index (χ2v) is 9.58. The second kappa shape index (κ2) is 14.3. The smallest absolute Gasteiger partial charge is 0.277 e. The summed E-state index contributed by atoms with van der Waals surface area (Å²) >= 11 is 13.4. The zero-order valence-electron chi connectivity index (χ0n) is 17.7. The lowest BCUT2D eigenvalue weighted by atomic mass is 10.3. The minimum Gasteiger partial charge on any atom is -0.493 e. The van der Waals surface area contributed by atoms with Crippen LogP contribution < -0.4 is 29.8 Å². The third kappa shape index (κ3) is 8.89. The van der Waals surface area contributed by atoms with Gasteiger partial charge in [-0.1, -0.05) is 31.9 Å². The number of nitrogens with zero attached hydrogens (tertiary/aromatic N) is 2. The molecule has 0 aliphatic rings. The highest BCUT2D eigenvalue weighted by Crippen LogP contribution is 2.39. The lowest BCUT2D eigenvalue weighted by Gasteiger charge is -2.12. The van der Waals surface area contributed by atoms with E-state index in [2.05, 4.69) is 84.8 Å². The summed E-state index contributed by atoms with van der Waals surface area (Å²) in [5.74, 6) is 0.653. The number of benzene rings is 2. The van der Waals surface area contributed by atoms with Crippen molar-refractivity contribution < 1.29 is 28.5 Å². The van der Waals surface area contributed by atoms with Gasteiger partial charge in [0.25, 0.3) is 11.8 Å². The van der Waals surface area contributed by atoms with Gasteiger partial charge in [-0.25, -0.2) is 10.9 Å². The molecular weight excluding hydrogens is 712 g/mol. The molecule has 14 heteroatoms. The standard InChI is InChI=1S/C20H18Br4N4O6/c1-31-15-7-11(21)5-13(23)19(15)33-9-17(29)27-25-3-4-26-28-18(30)10-34-20-14(24)6-12(22)8-16(20)32-2/h3-8H,9-10H2,1-2H3,(H,27,29)(H,28,30). The Bertz CT molecular complexity index is 1010. The fraction of sp³-hybridized carbons (Fsp3) is 0.200. The molecule has 0 saturated heterocycles. The number of hydrogen-bond acceptors (Lipinski definition) is 8. The lowest BCUT2D eigenvalue weighted by Crippen LogP contribution is -2.25. The first-order valence-electron chi connectivity index (χ1n) is 9.19. The molecule has 2 rings (SSSR count). The van der Waals surface area contributed by atoms with Crippen LogP contribution in [0.25, 0.3) is 0 Å². The maximum absolute atomic E-state index is 11.9. The summed E-state index contributed by atoms with van der Waals surface area (Å²) in [7, 11) is 2.98. The summed E-state index contributed by atoms with van der Waals surface area (Å²) in [4.78, 5) is 23.8. The van der Waals surface area contributed by atoms with Crippen molar-refractivity contribution in [3.63, 3.8) is 0 Å². The Kier molecular flexibility index (Phi) is 11.8. The van der Waals surface area contributed by atoms with E-state index in [1.165, 1.54) is 26.6 Å². The van der Waals surface area contributed by atoms with E-state index in [9.17, 15) is 9.59 Å². The molecule has 0 bridgehead atoms. The van der Waals surface area contributed by atoms with Gasteiger partial charge in [0.15, 0.2) is 36.2 Å². The van der Waals surface area contributed by atoms with Crippen LogP contribution in [0.3, 0.4) is 0 Å². The number of halogens is 4. The van der Waals surface area contributed by atoms with Gasteiger partial charge in [-0.3, -0.25) is 9.59 Å². The molecule has 0 atom stereocenters. The first-order chi connectivity index (χ1) is 16.2. The van der Waals surface area contributed by atoms with Gasteiger partial charge < -0.3 is 18.9 Å². The molecule has 2 aromatic carbocycles. The van der Waals surface area contributed by atoms with Gasteiger partial charge >= 0.3 is 0 Å². The van der Waals surface area contributed by atoms with Crippen molar-refractivity contribution in [1.82, 2.24) is 10.9 Å². The zero-order chi connectivity index (χ0) is 25.1. The highest BCUT2D eigenvalue weighted by Gasteiger charge is 2.14. The number of carbonyl (C=O) groups is 2. The molecule has 0 aliphatic carbocycles. The van der Waals surface area contributed by atoms with Gasteiger partial charge in [0.1, 0.15) is 0 Å². The van der Waals surface area contributed by atoms with Gasteiger partial charge in [-0.05, 0) is 56.1 Å². The number of nitrogens with one attached hydrogen (secondary N) is 2. The average Bonchev–Trinajstić information content (AvgIpc) is 2.78. The normalized spacial score (nSPS) is 10.9. The fourth-order valence-electron chi connectivity index (χ4n) is 2.28. The number of methoxy groups -OCH3 is 2. The Labute approximate surface area is 228 Å². The highest BCUT2D eigenvalue weighted by atomic mass is 79.9. The third-order valence-corrected chi connectivity index (χ3v) is 5.77. The summed E-state index contributed by atoms with van der Waals surface area (Å²) in [5, 5.41) is 7.36. The Balaban J connectivity index is 1.74. The van der Waals surface area contributed by atoms with Gasteiger partial charge in [-0.2, -0.15) is 10.2 Å². The van der Waals surface area contributed by atoms with Crippen LogP contribution in [0.1, 0.15) is 0 Å². The third-order valence-electron chi connectivity index (χ3n) is 3.68. The van der Waals surface area contributed by atoms with Crippen LogP contribution in [0.15, 0.2) is 52.4 Å². The molecule has 0 spiro atoms. The van der Waals surface area contributed by atoms with Crippen LogP contribution >= 0.6 is 63.7 Å². The fourth-order valence-corrected chi connectivity index (χ4v) is 4.88. The quantitative estimate of drug-likeness (QED) is 0.261. The highest BCUT2D eigenvalue weighted by molar-refractivity contribution is 9.11. The Morgan fingerprint density at radius 3 is 1.50 bits per heavy atom. The Morgan fingerprint density at radius 1 is 0.765 bits per heavy atom. The molecule has 0 aliphatic heterocycles. The predicted molar refractivity (Wildman–Crippen MR) is 141 cm³/mol. The predicted octanol–water partition coefficient (Wildman–Crippen LogP) is 4.42. The van der Waals surface area contributed by atoms with E-state index in [1.54, 1.807) is 24.3 Å². The molecule has 34 heavy (non-hydrogen) atoms. The van der Waals surface area contributed by atoms with E-state index in [4.69, 9.17) is 18.9 Å². The molecular formula is C20H18Br4N4O6. The number of hydrazone groups is 2. The lowest BCUT2D eigenvalue weighted by molar-refractivity contribution is -0.123. The molecule has 0 unspecified atom stereocenters. The summed E-state index contributed by atoms with van der Waals surface area (Å²) in [6.07, 6.45) is 2.37. The molecule has 10 nitrogen and oxygen atoms in total. The molecule has 2 amide bonds. The molecule has 0 saturated carbocycles. The van der Waals surface area contributed by atoms with E-state index in [-0.39, 0.29) is 13.2 Å². The number of ether oxygens (including phenoxy) is 4. The van der Waals surface area contributed by atoms with Crippen LogP contribution in [-0.2, 0) is 9.59 Å². The number of rotatable bonds is 11. The summed E-state index contributed by atoms with van der Waals surface area (Å²) in [6.45, 7) is -0.595. The Hall–Kier alpha value is -2.16. The van der Waals surface area contributed by atoms with E-state index >= 15 is 0 Å². The first-order valence-corrected chi connectivity index (χ1v) is 12.4. The first kappa shape index (κ1) is 28.1. The van der Waals surface area contributed by atoms with E-state index in [0.717, 1.165) is 8.95 Å². The zero-order valence-corrected chi connectivity index (χ0v) is 24.1. The monoisotopic (exact) mass is 726 g/mol. The van der Waals surface area contributed by atoms with Gasteiger partial charge in [-0.15, -0.1) is 0 Å². The largest absolute Gasteiger partial charge is 0.493 e. The average molecular weight is 730 g/mol. The number of hydrogen-bond donors (Lipinski definition) is 2. The number of carbonyl (C=O) groups excluding carboxylic acids is 2.